The topological polar surface area (TPSA) is 90.3 Å². The van der Waals surface area contributed by atoms with E-state index in [0.29, 0.717) is 28.6 Å². The van der Waals surface area contributed by atoms with E-state index in [1.165, 1.54) is 49.7 Å². The highest BCUT2D eigenvalue weighted by Gasteiger charge is 2.20. The summed E-state index contributed by atoms with van der Waals surface area (Å²) in [4.78, 5) is 12.5. The van der Waals surface area contributed by atoms with Crippen LogP contribution in [0.3, 0.4) is 0 Å². The highest BCUT2D eigenvalue weighted by molar-refractivity contribution is 7.91. The number of sulfone groups is 1. The standard InChI is InChI=1S/C19H18ClN3O4S/c1-3-23-12-13(11-21-23)19(24)22-15-8-16(27-2)10-18(9-15)28(25,26)17-6-4-14(20)5-7-17/h4-12H,3H2,1-2H3,(H,22,24). The Labute approximate surface area is 167 Å². The van der Waals surface area contributed by atoms with Crippen molar-refractivity contribution < 1.29 is 17.9 Å². The summed E-state index contributed by atoms with van der Waals surface area (Å²) in [5, 5.41) is 7.18. The molecule has 1 aromatic heterocycles. The maximum absolute atomic E-state index is 12.9. The summed E-state index contributed by atoms with van der Waals surface area (Å²) < 4.78 is 32.7. The molecule has 1 heterocycles. The molecule has 0 radical (unpaired) electrons. The number of nitrogens with one attached hydrogen (secondary N) is 1. The van der Waals surface area contributed by atoms with E-state index in [9.17, 15) is 13.2 Å². The first-order chi connectivity index (χ1) is 13.3. The number of ether oxygens (including phenoxy) is 1. The Hall–Kier alpha value is -2.84. The number of nitrogens with zero attached hydrogens (tertiary/aromatic N) is 2. The molecule has 0 unspecified atom stereocenters. The summed E-state index contributed by atoms with van der Waals surface area (Å²) in [6, 6.07) is 10.2. The van der Waals surface area contributed by atoms with Crippen molar-refractivity contribution in [2.75, 3.05) is 12.4 Å². The van der Waals surface area contributed by atoms with Gasteiger partial charge in [-0.1, -0.05) is 11.6 Å². The summed E-state index contributed by atoms with van der Waals surface area (Å²) in [7, 11) is -2.40. The molecule has 3 rings (SSSR count). The van der Waals surface area contributed by atoms with Crippen LogP contribution in [0.2, 0.25) is 5.02 Å². The molecule has 0 aliphatic heterocycles. The van der Waals surface area contributed by atoms with E-state index in [0.717, 1.165) is 0 Å². The predicted octanol–water partition coefficient (Wildman–Crippen LogP) is 3.65. The SMILES string of the molecule is CCn1cc(C(=O)Nc2cc(OC)cc(S(=O)(=O)c3ccc(Cl)cc3)c2)cn1. The normalized spacial score (nSPS) is 11.2. The van der Waals surface area contributed by atoms with E-state index < -0.39 is 15.7 Å². The summed E-state index contributed by atoms with van der Waals surface area (Å²) in [5.74, 6) is -0.0996. The highest BCUT2D eigenvalue weighted by Crippen LogP contribution is 2.29. The van der Waals surface area contributed by atoms with Crippen LogP contribution in [0.1, 0.15) is 17.3 Å². The molecule has 0 spiro atoms. The molecule has 1 N–H and O–H groups in total. The molecular weight excluding hydrogens is 402 g/mol. The number of hydrogen-bond acceptors (Lipinski definition) is 5. The number of benzene rings is 2. The molecule has 0 saturated heterocycles. The first kappa shape index (κ1) is 19.9. The lowest BCUT2D eigenvalue weighted by Gasteiger charge is -2.11. The lowest BCUT2D eigenvalue weighted by atomic mass is 10.2. The number of anilines is 1. The number of aromatic nitrogens is 2. The Bertz CT molecular complexity index is 1110. The fourth-order valence-corrected chi connectivity index (χ4v) is 3.97. The molecule has 0 aliphatic carbocycles. The first-order valence-corrected chi connectivity index (χ1v) is 10.2. The maximum atomic E-state index is 12.9. The van der Waals surface area contributed by atoms with Gasteiger partial charge in [0.2, 0.25) is 9.84 Å². The largest absolute Gasteiger partial charge is 0.497 e. The Morgan fingerprint density at radius 2 is 1.89 bits per heavy atom. The van der Waals surface area contributed by atoms with Gasteiger partial charge >= 0.3 is 0 Å². The third-order valence-electron chi connectivity index (χ3n) is 4.03. The van der Waals surface area contributed by atoms with Gasteiger partial charge in [-0.3, -0.25) is 9.48 Å². The van der Waals surface area contributed by atoms with Gasteiger partial charge in [0.1, 0.15) is 5.75 Å². The number of hydrogen-bond donors (Lipinski definition) is 1. The smallest absolute Gasteiger partial charge is 0.258 e. The van der Waals surface area contributed by atoms with Gasteiger partial charge in [0.15, 0.2) is 0 Å². The molecule has 0 bridgehead atoms. The zero-order valence-electron chi connectivity index (χ0n) is 15.2. The number of carbonyl (C=O) groups excluding carboxylic acids is 1. The average Bonchev–Trinajstić information content (AvgIpc) is 3.17. The molecule has 1 amide bonds. The van der Waals surface area contributed by atoms with Crippen molar-refractivity contribution >= 4 is 33.0 Å². The van der Waals surface area contributed by atoms with Gasteiger partial charge < -0.3 is 10.1 Å². The summed E-state index contributed by atoms with van der Waals surface area (Å²) in [6.07, 6.45) is 3.06. The zero-order chi connectivity index (χ0) is 20.3. The Morgan fingerprint density at radius 1 is 1.18 bits per heavy atom. The quantitative estimate of drug-likeness (QED) is 0.658. The van der Waals surface area contributed by atoms with E-state index in [1.807, 2.05) is 6.92 Å². The van der Waals surface area contributed by atoms with Gasteiger partial charge in [0, 0.05) is 29.5 Å². The predicted molar refractivity (Wildman–Crippen MR) is 106 cm³/mol. The summed E-state index contributed by atoms with van der Waals surface area (Å²) >= 11 is 5.84. The highest BCUT2D eigenvalue weighted by atomic mass is 35.5. The average molecular weight is 420 g/mol. The molecule has 0 atom stereocenters. The van der Waals surface area contributed by atoms with Crippen molar-refractivity contribution in [3.63, 3.8) is 0 Å². The van der Waals surface area contributed by atoms with Crippen molar-refractivity contribution in [1.82, 2.24) is 9.78 Å². The Balaban J connectivity index is 1.95. The number of amides is 1. The van der Waals surface area contributed by atoms with Gasteiger partial charge in [0.25, 0.3) is 5.91 Å². The molecule has 146 valence electrons. The van der Waals surface area contributed by atoms with Crippen LogP contribution in [-0.2, 0) is 16.4 Å². The Kier molecular flexibility index (Phi) is 5.71. The molecule has 2 aromatic carbocycles. The van der Waals surface area contributed by atoms with Gasteiger partial charge in [-0.25, -0.2) is 8.42 Å². The lowest BCUT2D eigenvalue weighted by Crippen LogP contribution is -2.12. The number of carbonyl (C=O) groups is 1. The molecule has 0 saturated carbocycles. The third-order valence-corrected chi connectivity index (χ3v) is 6.03. The third kappa shape index (κ3) is 4.18. The van der Waals surface area contributed by atoms with Crippen molar-refractivity contribution in [1.29, 1.82) is 0 Å². The van der Waals surface area contributed by atoms with Crippen molar-refractivity contribution in [3.8, 4) is 5.75 Å². The van der Waals surface area contributed by atoms with E-state index >= 15 is 0 Å². The number of aryl methyl sites for hydroxylation is 1. The van der Waals surface area contributed by atoms with E-state index in [-0.39, 0.29) is 9.79 Å². The van der Waals surface area contributed by atoms with Crippen LogP contribution in [0.5, 0.6) is 5.75 Å². The van der Waals surface area contributed by atoms with Crippen LogP contribution in [0.25, 0.3) is 0 Å². The molecule has 0 aliphatic rings. The minimum absolute atomic E-state index is 0.00581. The van der Waals surface area contributed by atoms with Crippen LogP contribution in [-0.4, -0.2) is 31.2 Å². The number of methoxy groups -OCH3 is 1. The van der Waals surface area contributed by atoms with Crippen LogP contribution < -0.4 is 10.1 Å². The van der Waals surface area contributed by atoms with Crippen LogP contribution in [0.4, 0.5) is 5.69 Å². The lowest BCUT2D eigenvalue weighted by molar-refractivity contribution is 0.102. The fraction of sp³-hybridized carbons (Fsp3) is 0.158. The van der Waals surface area contributed by atoms with Gasteiger partial charge in [0.05, 0.1) is 28.7 Å². The number of rotatable bonds is 6. The van der Waals surface area contributed by atoms with Crippen molar-refractivity contribution in [2.24, 2.45) is 0 Å². The van der Waals surface area contributed by atoms with Crippen molar-refractivity contribution in [2.45, 2.75) is 23.3 Å². The maximum Gasteiger partial charge on any atom is 0.258 e. The minimum Gasteiger partial charge on any atom is -0.497 e. The van der Waals surface area contributed by atoms with Crippen LogP contribution in [0.15, 0.2) is 64.6 Å². The van der Waals surface area contributed by atoms with E-state index in [4.69, 9.17) is 16.3 Å². The second-order valence-electron chi connectivity index (χ2n) is 5.89. The molecular formula is C19H18ClN3O4S. The number of halogens is 1. The Morgan fingerprint density at radius 3 is 2.50 bits per heavy atom. The van der Waals surface area contributed by atoms with E-state index in [2.05, 4.69) is 10.4 Å². The minimum atomic E-state index is -3.82. The summed E-state index contributed by atoms with van der Waals surface area (Å²) in [5.41, 5.74) is 0.660. The zero-order valence-corrected chi connectivity index (χ0v) is 16.8. The molecule has 0 fully saturated rings. The molecule has 9 heteroatoms. The van der Waals surface area contributed by atoms with Gasteiger partial charge in [-0.05, 0) is 43.3 Å². The molecule has 28 heavy (non-hydrogen) atoms. The molecule has 7 nitrogen and oxygen atoms in total. The van der Waals surface area contributed by atoms with Gasteiger partial charge in [-0.15, -0.1) is 0 Å². The second-order valence-corrected chi connectivity index (χ2v) is 8.28. The monoisotopic (exact) mass is 419 g/mol. The van der Waals surface area contributed by atoms with Crippen LogP contribution >= 0.6 is 11.6 Å². The first-order valence-electron chi connectivity index (χ1n) is 8.37. The summed E-state index contributed by atoms with van der Waals surface area (Å²) in [6.45, 7) is 2.54. The van der Waals surface area contributed by atoms with Crippen LogP contribution in [0, 0.1) is 0 Å². The fourth-order valence-electron chi connectivity index (χ4n) is 2.52. The van der Waals surface area contributed by atoms with E-state index in [1.54, 1.807) is 16.9 Å². The second kappa shape index (κ2) is 8.04. The van der Waals surface area contributed by atoms with Gasteiger partial charge in [-0.2, -0.15) is 5.10 Å². The molecule has 3 aromatic rings. The van der Waals surface area contributed by atoms with Crippen molar-refractivity contribution in [3.05, 3.63) is 65.4 Å².